The summed E-state index contributed by atoms with van der Waals surface area (Å²) in [5.74, 6) is -2.48. The number of allylic oxidation sites excluding steroid dienone is 2. The van der Waals surface area contributed by atoms with Crippen molar-refractivity contribution >= 4 is 29.2 Å². The number of carboxylic acids is 1. The van der Waals surface area contributed by atoms with Crippen molar-refractivity contribution in [2.24, 2.45) is 11.8 Å². The Kier molecular flexibility index (Phi) is 4.45. The Hall–Kier alpha value is -1.81. The average molecular weight is 294 g/mol. The smallest absolute Gasteiger partial charge is 0.307 e. The van der Waals surface area contributed by atoms with E-state index in [1.54, 1.807) is 12.1 Å². The van der Waals surface area contributed by atoms with E-state index in [2.05, 4.69) is 5.32 Å². The second-order valence-corrected chi connectivity index (χ2v) is 5.37. The minimum atomic E-state index is -0.940. The molecule has 1 aliphatic carbocycles. The fourth-order valence-electron chi connectivity index (χ4n) is 2.34. The molecule has 0 fully saturated rings. The van der Waals surface area contributed by atoms with E-state index < -0.39 is 17.8 Å². The van der Waals surface area contributed by atoms with E-state index in [-0.39, 0.29) is 5.91 Å². The molecule has 2 unspecified atom stereocenters. The summed E-state index contributed by atoms with van der Waals surface area (Å²) >= 11 is 6.03. The van der Waals surface area contributed by atoms with Gasteiger partial charge in [0.15, 0.2) is 0 Å². The van der Waals surface area contributed by atoms with Crippen LogP contribution in [-0.4, -0.2) is 17.0 Å². The van der Waals surface area contributed by atoms with Crippen LogP contribution in [0.5, 0.6) is 0 Å². The Morgan fingerprint density at radius 1 is 1.25 bits per heavy atom. The van der Waals surface area contributed by atoms with Gasteiger partial charge in [-0.15, -0.1) is 0 Å². The van der Waals surface area contributed by atoms with Crippen molar-refractivity contribution in [2.75, 3.05) is 5.32 Å². The quantitative estimate of drug-likeness (QED) is 0.841. The van der Waals surface area contributed by atoms with Crippen molar-refractivity contribution in [3.8, 4) is 0 Å². The summed E-state index contributed by atoms with van der Waals surface area (Å²) in [6.45, 7) is 1.90. The van der Waals surface area contributed by atoms with Gasteiger partial charge in [-0.2, -0.15) is 0 Å². The number of rotatable bonds is 3. The Labute approximate surface area is 122 Å². The molecule has 5 heteroatoms. The highest BCUT2D eigenvalue weighted by Crippen LogP contribution is 2.29. The molecule has 106 valence electrons. The number of anilines is 1. The van der Waals surface area contributed by atoms with Gasteiger partial charge >= 0.3 is 5.97 Å². The maximum Gasteiger partial charge on any atom is 0.307 e. The van der Waals surface area contributed by atoms with Crippen molar-refractivity contribution in [2.45, 2.75) is 19.8 Å². The summed E-state index contributed by atoms with van der Waals surface area (Å²) in [6.07, 6.45) is 4.48. The normalized spacial score (nSPS) is 21.5. The van der Waals surface area contributed by atoms with Crippen molar-refractivity contribution < 1.29 is 14.7 Å². The van der Waals surface area contributed by atoms with Crippen LogP contribution in [0.15, 0.2) is 30.4 Å². The minimum absolute atomic E-state index is 0.297. The van der Waals surface area contributed by atoms with Crippen LogP contribution in [0.25, 0.3) is 0 Å². The van der Waals surface area contributed by atoms with Gasteiger partial charge in [0.2, 0.25) is 5.91 Å². The van der Waals surface area contributed by atoms with Crippen molar-refractivity contribution in [3.63, 3.8) is 0 Å². The molecule has 1 aromatic carbocycles. The number of benzene rings is 1. The van der Waals surface area contributed by atoms with Crippen LogP contribution < -0.4 is 5.32 Å². The fraction of sp³-hybridized carbons (Fsp3) is 0.333. The number of carbonyl (C=O) groups is 2. The molecular weight excluding hydrogens is 278 g/mol. The third-order valence-corrected chi connectivity index (χ3v) is 3.80. The molecule has 2 rings (SSSR count). The molecule has 2 N–H and O–H groups in total. The van der Waals surface area contributed by atoms with Gasteiger partial charge in [-0.05, 0) is 37.5 Å². The zero-order valence-corrected chi connectivity index (χ0v) is 11.9. The molecule has 0 aromatic heterocycles. The van der Waals surface area contributed by atoms with Gasteiger partial charge in [0.05, 0.1) is 22.5 Å². The second kappa shape index (κ2) is 6.09. The third kappa shape index (κ3) is 3.20. The van der Waals surface area contributed by atoms with E-state index in [1.165, 1.54) is 0 Å². The summed E-state index contributed by atoms with van der Waals surface area (Å²) in [6, 6.07) is 5.33. The van der Waals surface area contributed by atoms with Gasteiger partial charge in [0.25, 0.3) is 0 Å². The molecule has 0 saturated carbocycles. The molecule has 0 saturated heterocycles. The number of carbonyl (C=O) groups excluding carboxylic acids is 1. The minimum Gasteiger partial charge on any atom is -0.481 e. The first kappa shape index (κ1) is 14.6. The van der Waals surface area contributed by atoms with Crippen molar-refractivity contribution in [3.05, 3.63) is 40.9 Å². The molecule has 4 nitrogen and oxygen atoms in total. The van der Waals surface area contributed by atoms with Gasteiger partial charge in [0.1, 0.15) is 0 Å². The van der Waals surface area contributed by atoms with E-state index in [0.29, 0.717) is 23.6 Å². The number of halogens is 1. The SMILES string of the molecule is Cc1ccc(Cl)c(NC(=O)C2CC=CCC2C(=O)O)c1. The molecule has 0 spiro atoms. The summed E-state index contributed by atoms with van der Waals surface area (Å²) < 4.78 is 0. The number of aryl methyl sites for hydroxylation is 1. The summed E-state index contributed by atoms with van der Waals surface area (Å²) in [7, 11) is 0. The highest BCUT2D eigenvalue weighted by Gasteiger charge is 2.34. The molecule has 0 aliphatic heterocycles. The predicted octanol–water partition coefficient (Wildman–Crippen LogP) is 3.25. The zero-order chi connectivity index (χ0) is 14.7. The van der Waals surface area contributed by atoms with Crippen molar-refractivity contribution in [1.82, 2.24) is 0 Å². The first-order chi connectivity index (χ1) is 9.49. The monoisotopic (exact) mass is 293 g/mol. The lowest BCUT2D eigenvalue weighted by atomic mass is 9.82. The predicted molar refractivity (Wildman–Crippen MR) is 77.8 cm³/mol. The highest BCUT2D eigenvalue weighted by molar-refractivity contribution is 6.33. The number of hydrogen-bond acceptors (Lipinski definition) is 2. The molecule has 1 aromatic rings. The lowest BCUT2D eigenvalue weighted by molar-refractivity contribution is -0.146. The Bertz CT molecular complexity index is 568. The largest absolute Gasteiger partial charge is 0.481 e. The Morgan fingerprint density at radius 3 is 2.55 bits per heavy atom. The maximum absolute atomic E-state index is 12.3. The highest BCUT2D eigenvalue weighted by atomic mass is 35.5. The Balaban J connectivity index is 2.16. The van der Waals surface area contributed by atoms with Crippen LogP contribution in [0.1, 0.15) is 18.4 Å². The lowest BCUT2D eigenvalue weighted by Gasteiger charge is -2.24. The fourth-order valence-corrected chi connectivity index (χ4v) is 2.50. The number of nitrogens with one attached hydrogen (secondary N) is 1. The number of carboxylic acid groups (broad SMARTS) is 1. The standard InChI is InChI=1S/C15H16ClNO3/c1-9-6-7-12(16)13(8-9)17-14(18)10-4-2-3-5-11(10)15(19)20/h2-3,6-8,10-11H,4-5H2,1H3,(H,17,18)(H,19,20). The van der Waals surface area contributed by atoms with Crippen LogP contribution in [0, 0.1) is 18.8 Å². The molecule has 1 amide bonds. The number of amides is 1. The summed E-state index contributed by atoms with van der Waals surface area (Å²) in [5, 5.41) is 12.4. The van der Waals surface area contributed by atoms with Crippen LogP contribution >= 0.6 is 11.6 Å². The van der Waals surface area contributed by atoms with Gasteiger partial charge in [-0.25, -0.2) is 0 Å². The zero-order valence-electron chi connectivity index (χ0n) is 11.1. The van der Waals surface area contributed by atoms with E-state index in [9.17, 15) is 14.7 Å². The second-order valence-electron chi connectivity index (χ2n) is 4.97. The number of aliphatic carboxylic acids is 1. The van der Waals surface area contributed by atoms with Crippen LogP contribution in [0.2, 0.25) is 5.02 Å². The van der Waals surface area contributed by atoms with Crippen LogP contribution in [-0.2, 0) is 9.59 Å². The van der Waals surface area contributed by atoms with E-state index >= 15 is 0 Å². The van der Waals surface area contributed by atoms with Crippen LogP contribution in [0.3, 0.4) is 0 Å². The van der Waals surface area contributed by atoms with Gasteiger partial charge in [-0.1, -0.05) is 29.8 Å². The molecule has 0 radical (unpaired) electrons. The summed E-state index contributed by atoms with van der Waals surface area (Å²) in [5.41, 5.74) is 1.50. The topological polar surface area (TPSA) is 66.4 Å². The molecule has 0 bridgehead atoms. The maximum atomic E-state index is 12.3. The van der Waals surface area contributed by atoms with E-state index in [4.69, 9.17) is 11.6 Å². The van der Waals surface area contributed by atoms with Gasteiger partial charge in [-0.3, -0.25) is 9.59 Å². The lowest BCUT2D eigenvalue weighted by Crippen LogP contribution is -2.34. The number of hydrogen-bond donors (Lipinski definition) is 2. The van der Waals surface area contributed by atoms with Gasteiger partial charge in [0, 0.05) is 0 Å². The molecular formula is C15H16ClNO3. The van der Waals surface area contributed by atoms with Crippen LogP contribution in [0.4, 0.5) is 5.69 Å². The third-order valence-electron chi connectivity index (χ3n) is 3.47. The first-order valence-electron chi connectivity index (χ1n) is 6.44. The van der Waals surface area contributed by atoms with Gasteiger partial charge < -0.3 is 10.4 Å². The van der Waals surface area contributed by atoms with E-state index in [1.807, 2.05) is 25.1 Å². The molecule has 1 aliphatic rings. The molecule has 20 heavy (non-hydrogen) atoms. The summed E-state index contributed by atoms with van der Waals surface area (Å²) in [4.78, 5) is 23.5. The van der Waals surface area contributed by atoms with E-state index in [0.717, 1.165) is 5.56 Å². The molecule has 0 heterocycles. The first-order valence-corrected chi connectivity index (χ1v) is 6.81. The average Bonchev–Trinajstić information content (AvgIpc) is 2.42. The van der Waals surface area contributed by atoms with Crippen molar-refractivity contribution in [1.29, 1.82) is 0 Å². The molecule has 2 atom stereocenters. The Morgan fingerprint density at radius 2 is 1.90 bits per heavy atom.